The highest BCUT2D eigenvalue weighted by molar-refractivity contribution is 5.54. The van der Waals surface area contributed by atoms with Crippen LogP contribution in [0.15, 0.2) is 0 Å². The summed E-state index contributed by atoms with van der Waals surface area (Å²) in [6, 6.07) is 0. The zero-order valence-electron chi connectivity index (χ0n) is 8.75. The fourth-order valence-electron chi connectivity index (χ4n) is 7.44. The van der Waals surface area contributed by atoms with E-state index in [4.69, 9.17) is 0 Å². The van der Waals surface area contributed by atoms with E-state index in [1.807, 2.05) is 0 Å². The Morgan fingerprint density at radius 1 is 0.923 bits per heavy atom. The summed E-state index contributed by atoms with van der Waals surface area (Å²) in [6.45, 7) is 7.42. The molecule has 70 valence electrons. The van der Waals surface area contributed by atoms with Crippen molar-refractivity contribution in [3.8, 4) is 0 Å². The van der Waals surface area contributed by atoms with Gasteiger partial charge in [-0.25, -0.2) is 0 Å². The van der Waals surface area contributed by atoms with Crippen LogP contribution >= 0.6 is 0 Å². The topological polar surface area (TPSA) is 0 Å². The number of hydrogen-bond acceptors (Lipinski definition) is 0. The minimum Gasteiger partial charge on any atom is -0.0648 e. The van der Waals surface area contributed by atoms with Crippen LogP contribution in [0.3, 0.4) is 0 Å². The molecule has 0 spiro atoms. The molecule has 0 heterocycles. The minimum absolute atomic E-state index is 0.941. The molecule has 8 atom stereocenters. The fourth-order valence-corrected chi connectivity index (χ4v) is 7.44. The Hall–Kier alpha value is 0. The molecule has 13 heavy (non-hydrogen) atoms. The van der Waals surface area contributed by atoms with Crippen molar-refractivity contribution in [2.75, 3.05) is 0 Å². The van der Waals surface area contributed by atoms with Crippen LogP contribution in [0, 0.1) is 52.3 Å². The molecule has 6 aliphatic rings. The number of hydrogen-bond donors (Lipinski definition) is 0. The first-order valence-corrected chi connectivity index (χ1v) is 6.24. The molecule has 0 heteroatoms. The Balaban J connectivity index is 1.66. The lowest BCUT2D eigenvalue weighted by Crippen LogP contribution is -2.56. The normalized spacial score (nSPS) is 83.1. The van der Waals surface area contributed by atoms with Crippen LogP contribution < -0.4 is 0 Å². The summed E-state index contributed by atoms with van der Waals surface area (Å²) in [4.78, 5) is 0. The Labute approximate surface area is 80.1 Å². The van der Waals surface area contributed by atoms with Crippen LogP contribution in [0.5, 0.6) is 0 Å². The van der Waals surface area contributed by atoms with Crippen molar-refractivity contribution in [2.45, 2.75) is 27.2 Å². The molecule has 6 fully saturated rings. The Morgan fingerprint density at radius 3 is 1.69 bits per heavy atom. The molecule has 0 aromatic rings. The SMILES string of the molecule is CCC12C3C1C1C4C2C3C14C(C)C. The van der Waals surface area contributed by atoms with Crippen LogP contribution in [0.1, 0.15) is 27.2 Å². The van der Waals surface area contributed by atoms with Gasteiger partial charge in [0.25, 0.3) is 0 Å². The Kier molecular flexibility index (Phi) is 0.626. The number of rotatable bonds is 2. The quantitative estimate of drug-likeness (QED) is 0.604. The lowest BCUT2D eigenvalue weighted by molar-refractivity contribution is -0.128. The maximum absolute atomic E-state index is 2.49. The highest BCUT2D eigenvalue weighted by atomic mass is 15.1. The standard InChI is InChI=1S/C13H18/c1-4-12-6-7(12)10-11-8(12)9(6)13(10,11)5(2)3/h5-11H,4H2,1-3H3. The molecule has 0 radical (unpaired) electrons. The molecule has 0 aromatic carbocycles. The molecule has 0 amide bonds. The van der Waals surface area contributed by atoms with E-state index in [1.165, 1.54) is 41.9 Å². The van der Waals surface area contributed by atoms with Crippen molar-refractivity contribution in [3.05, 3.63) is 0 Å². The molecule has 0 aromatic heterocycles. The van der Waals surface area contributed by atoms with Gasteiger partial charge in [0.15, 0.2) is 0 Å². The van der Waals surface area contributed by atoms with E-state index in [-0.39, 0.29) is 0 Å². The smallest absolute Gasteiger partial charge is 0.0172 e. The van der Waals surface area contributed by atoms with Gasteiger partial charge in [0.05, 0.1) is 0 Å². The largest absolute Gasteiger partial charge is 0.0648 e. The monoisotopic (exact) mass is 174 g/mol. The molecule has 0 N–H and O–H groups in total. The highest BCUT2D eigenvalue weighted by Crippen LogP contribution is 3.11. The molecule has 0 bridgehead atoms. The predicted octanol–water partition coefficient (Wildman–Crippen LogP) is 2.79. The zero-order chi connectivity index (χ0) is 8.75. The van der Waals surface area contributed by atoms with Gasteiger partial charge in [-0.15, -0.1) is 0 Å². The van der Waals surface area contributed by atoms with Gasteiger partial charge in [0.2, 0.25) is 0 Å². The lowest BCUT2D eigenvalue weighted by atomic mass is 9.45. The van der Waals surface area contributed by atoms with Crippen molar-refractivity contribution in [3.63, 3.8) is 0 Å². The Bertz CT molecular complexity index is 332. The van der Waals surface area contributed by atoms with E-state index in [9.17, 15) is 0 Å². The molecular formula is C13H18. The van der Waals surface area contributed by atoms with Gasteiger partial charge < -0.3 is 0 Å². The second-order valence-corrected chi connectivity index (χ2v) is 6.78. The molecule has 0 saturated heterocycles. The van der Waals surface area contributed by atoms with Crippen molar-refractivity contribution in [2.24, 2.45) is 52.3 Å². The van der Waals surface area contributed by atoms with Gasteiger partial charge in [0.1, 0.15) is 0 Å². The van der Waals surface area contributed by atoms with Crippen LogP contribution in [0.25, 0.3) is 0 Å². The van der Waals surface area contributed by atoms with E-state index in [1.54, 1.807) is 0 Å². The summed E-state index contributed by atoms with van der Waals surface area (Å²) < 4.78 is 0. The van der Waals surface area contributed by atoms with E-state index in [0.717, 1.165) is 16.7 Å². The molecule has 6 aliphatic carbocycles. The van der Waals surface area contributed by atoms with Gasteiger partial charge in [-0.05, 0) is 58.7 Å². The maximum atomic E-state index is 2.49. The molecule has 0 nitrogen and oxygen atoms in total. The summed E-state index contributed by atoms with van der Waals surface area (Å²) in [7, 11) is 0. The molecule has 8 unspecified atom stereocenters. The molecular weight excluding hydrogens is 156 g/mol. The van der Waals surface area contributed by atoms with Gasteiger partial charge in [-0.2, -0.15) is 0 Å². The van der Waals surface area contributed by atoms with Crippen molar-refractivity contribution < 1.29 is 0 Å². The second kappa shape index (κ2) is 1.26. The van der Waals surface area contributed by atoms with E-state index in [0.29, 0.717) is 0 Å². The first-order valence-electron chi connectivity index (χ1n) is 6.24. The third-order valence-corrected chi connectivity index (χ3v) is 7.31. The minimum atomic E-state index is 0.941. The average Bonchev–Trinajstić information content (AvgIpc) is 2.82. The van der Waals surface area contributed by atoms with Crippen molar-refractivity contribution in [1.29, 1.82) is 0 Å². The van der Waals surface area contributed by atoms with Crippen LogP contribution in [0.2, 0.25) is 0 Å². The molecule has 6 rings (SSSR count). The van der Waals surface area contributed by atoms with E-state index in [2.05, 4.69) is 20.8 Å². The summed E-state index contributed by atoms with van der Waals surface area (Å²) >= 11 is 0. The fraction of sp³-hybridized carbons (Fsp3) is 1.00. The van der Waals surface area contributed by atoms with Crippen LogP contribution in [-0.2, 0) is 0 Å². The first kappa shape index (κ1) is 6.48. The van der Waals surface area contributed by atoms with Crippen LogP contribution in [0.4, 0.5) is 0 Å². The van der Waals surface area contributed by atoms with Gasteiger partial charge in [0, 0.05) is 0 Å². The Morgan fingerprint density at radius 2 is 1.38 bits per heavy atom. The van der Waals surface area contributed by atoms with Crippen molar-refractivity contribution in [1.82, 2.24) is 0 Å². The summed E-state index contributed by atoms with van der Waals surface area (Å²) in [6.07, 6.45) is 1.52. The third kappa shape index (κ3) is 0.284. The zero-order valence-corrected chi connectivity index (χ0v) is 8.75. The summed E-state index contributed by atoms with van der Waals surface area (Å²) in [5, 5.41) is 0. The predicted molar refractivity (Wildman–Crippen MR) is 50.9 cm³/mol. The van der Waals surface area contributed by atoms with Gasteiger partial charge in [-0.3, -0.25) is 0 Å². The van der Waals surface area contributed by atoms with Crippen LogP contribution in [-0.4, -0.2) is 0 Å². The summed E-state index contributed by atoms with van der Waals surface area (Å²) in [5.74, 6) is 8.48. The van der Waals surface area contributed by atoms with Gasteiger partial charge in [-0.1, -0.05) is 20.8 Å². The van der Waals surface area contributed by atoms with E-state index < -0.39 is 0 Å². The lowest BCUT2D eigenvalue weighted by Gasteiger charge is -2.59. The molecule has 0 aliphatic heterocycles. The average molecular weight is 174 g/mol. The summed E-state index contributed by atoms with van der Waals surface area (Å²) in [5.41, 5.74) is 1.91. The first-order chi connectivity index (χ1) is 6.24. The molecule has 6 saturated carbocycles. The highest BCUT2D eigenvalue weighted by Gasteiger charge is 3.08. The second-order valence-electron chi connectivity index (χ2n) is 6.78. The third-order valence-electron chi connectivity index (χ3n) is 7.31. The van der Waals surface area contributed by atoms with Gasteiger partial charge >= 0.3 is 0 Å². The van der Waals surface area contributed by atoms with E-state index >= 15 is 0 Å². The van der Waals surface area contributed by atoms with Crippen molar-refractivity contribution >= 4 is 0 Å². The maximum Gasteiger partial charge on any atom is -0.0172 e.